The van der Waals surface area contributed by atoms with Gasteiger partial charge in [0.05, 0.1) is 11.6 Å². The summed E-state index contributed by atoms with van der Waals surface area (Å²) in [4.78, 5) is 0. The molecule has 1 aromatic carbocycles. The van der Waals surface area contributed by atoms with Gasteiger partial charge in [-0.15, -0.1) is 0 Å². The number of rotatable bonds is 2. The van der Waals surface area contributed by atoms with Crippen LogP contribution in [0.1, 0.15) is 17.5 Å². The Kier molecular flexibility index (Phi) is 3.35. The summed E-state index contributed by atoms with van der Waals surface area (Å²) < 4.78 is 13.5. The molecule has 4 heteroatoms. The van der Waals surface area contributed by atoms with E-state index in [1.807, 2.05) is 17.8 Å². The molecule has 0 aliphatic carbocycles. The Morgan fingerprint density at radius 1 is 1.56 bits per heavy atom. The molecule has 1 atom stereocenters. The van der Waals surface area contributed by atoms with E-state index in [0.29, 0.717) is 17.2 Å². The summed E-state index contributed by atoms with van der Waals surface area (Å²) in [5.41, 5.74) is 1.72. The van der Waals surface area contributed by atoms with Crippen molar-refractivity contribution in [1.29, 1.82) is 5.26 Å². The molecule has 1 aliphatic rings. The van der Waals surface area contributed by atoms with Crippen LogP contribution in [0.3, 0.4) is 0 Å². The van der Waals surface area contributed by atoms with Crippen molar-refractivity contribution in [2.24, 2.45) is 0 Å². The molecule has 1 fully saturated rings. The first-order chi connectivity index (χ1) is 7.70. The van der Waals surface area contributed by atoms with Crippen molar-refractivity contribution in [3.63, 3.8) is 0 Å². The third kappa shape index (κ3) is 2.30. The standard InChI is InChI=1S/C12H13FN2S/c1-8-11(13)4-9(6-14)5-12(8)15-10-2-3-16-7-10/h4-5,10,15H,2-3,7H2,1H3. The highest BCUT2D eigenvalue weighted by atomic mass is 32.2. The molecule has 2 rings (SSSR count). The van der Waals surface area contributed by atoms with Crippen LogP contribution in [0.2, 0.25) is 0 Å². The highest BCUT2D eigenvalue weighted by Crippen LogP contribution is 2.25. The molecule has 1 aromatic rings. The number of hydrogen-bond donors (Lipinski definition) is 1. The van der Waals surface area contributed by atoms with Crippen LogP contribution in [0.5, 0.6) is 0 Å². The number of nitrogens with zero attached hydrogens (tertiary/aromatic N) is 1. The first kappa shape index (κ1) is 11.3. The smallest absolute Gasteiger partial charge is 0.129 e. The normalized spacial score (nSPS) is 19.4. The van der Waals surface area contributed by atoms with Crippen molar-refractivity contribution in [1.82, 2.24) is 0 Å². The second kappa shape index (κ2) is 4.75. The minimum absolute atomic E-state index is 0.313. The molecule has 1 N–H and O–H groups in total. The summed E-state index contributed by atoms with van der Waals surface area (Å²) in [7, 11) is 0. The van der Waals surface area contributed by atoms with E-state index in [1.165, 1.54) is 6.07 Å². The van der Waals surface area contributed by atoms with Gasteiger partial charge in [-0.2, -0.15) is 17.0 Å². The summed E-state index contributed by atoms with van der Waals surface area (Å²) >= 11 is 1.90. The van der Waals surface area contributed by atoms with Crippen LogP contribution in [0.15, 0.2) is 12.1 Å². The van der Waals surface area contributed by atoms with E-state index < -0.39 is 0 Å². The molecule has 84 valence electrons. The zero-order valence-electron chi connectivity index (χ0n) is 9.09. The molecule has 1 unspecified atom stereocenters. The van der Waals surface area contributed by atoms with Crippen molar-refractivity contribution in [2.75, 3.05) is 16.8 Å². The number of nitrogens with one attached hydrogen (secondary N) is 1. The Hall–Kier alpha value is -1.21. The quantitative estimate of drug-likeness (QED) is 0.857. The summed E-state index contributed by atoms with van der Waals surface area (Å²) in [6, 6.07) is 5.38. The highest BCUT2D eigenvalue weighted by Gasteiger charge is 2.17. The maximum Gasteiger partial charge on any atom is 0.129 e. The monoisotopic (exact) mass is 236 g/mol. The lowest BCUT2D eigenvalue weighted by molar-refractivity contribution is 0.618. The lowest BCUT2D eigenvalue weighted by Gasteiger charge is -2.15. The fourth-order valence-electron chi connectivity index (χ4n) is 1.76. The molecular weight excluding hydrogens is 223 g/mol. The molecule has 16 heavy (non-hydrogen) atoms. The lowest BCUT2D eigenvalue weighted by atomic mass is 10.1. The largest absolute Gasteiger partial charge is 0.381 e. The van der Waals surface area contributed by atoms with Crippen molar-refractivity contribution in [2.45, 2.75) is 19.4 Å². The van der Waals surface area contributed by atoms with Crippen LogP contribution in [-0.4, -0.2) is 17.5 Å². The van der Waals surface area contributed by atoms with Crippen LogP contribution in [0.25, 0.3) is 0 Å². The average Bonchev–Trinajstić information content (AvgIpc) is 2.77. The highest BCUT2D eigenvalue weighted by molar-refractivity contribution is 7.99. The fraction of sp³-hybridized carbons (Fsp3) is 0.417. The summed E-state index contributed by atoms with van der Waals surface area (Å²) in [5.74, 6) is 1.89. The second-order valence-electron chi connectivity index (χ2n) is 3.95. The van der Waals surface area contributed by atoms with Crippen molar-refractivity contribution in [3.05, 3.63) is 29.1 Å². The minimum atomic E-state index is -0.313. The maximum absolute atomic E-state index is 13.5. The summed E-state index contributed by atoms with van der Waals surface area (Å²) in [6.45, 7) is 1.74. The number of nitriles is 1. The number of halogens is 1. The molecule has 0 saturated carbocycles. The number of hydrogen-bond acceptors (Lipinski definition) is 3. The topological polar surface area (TPSA) is 35.8 Å². The van der Waals surface area contributed by atoms with E-state index >= 15 is 0 Å². The molecule has 1 saturated heterocycles. The van der Waals surface area contributed by atoms with Gasteiger partial charge in [0.15, 0.2) is 0 Å². The van der Waals surface area contributed by atoms with Crippen molar-refractivity contribution >= 4 is 17.4 Å². The predicted molar refractivity (Wildman–Crippen MR) is 65.2 cm³/mol. The fourth-order valence-corrected chi connectivity index (χ4v) is 2.91. The van der Waals surface area contributed by atoms with E-state index in [2.05, 4.69) is 5.32 Å². The van der Waals surface area contributed by atoms with Gasteiger partial charge >= 0.3 is 0 Å². The van der Waals surface area contributed by atoms with Crippen LogP contribution < -0.4 is 5.32 Å². The Morgan fingerprint density at radius 3 is 3.00 bits per heavy atom. The van der Waals surface area contributed by atoms with E-state index in [4.69, 9.17) is 5.26 Å². The summed E-state index contributed by atoms with van der Waals surface area (Å²) in [5, 5.41) is 12.1. The van der Waals surface area contributed by atoms with Gasteiger partial charge in [0.1, 0.15) is 5.82 Å². The zero-order valence-corrected chi connectivity index (χ0v) is 9.90. The summed E-state index contributed by atoms with van der Waals surface area (Å²) in [6.07, 6.45) is 1.10. The van der Waals surface area contributed by atoms with Gasteiger partial charge in [0, 0.05) is 23.0 Å². The van der Waals surface area contributed by atoms with E-state index in [0.717, 1.165) is 23.6 Å². The Balaban J connectivity index is 2.25. The number of anilines is 1. The molecule has 0 spiro atoms. The molecule has 0 radical (unpaired) electrons. The lowest BCUT2D eigenvalue weighted by Crippen LogP contribution is -2.19. The third-order valence-corrected chi connectivity index (χ3v) is 3.93. The Morgan fingerprint density at radius 2 is 2.38 bits per heavy atom. The van der Waals surface area contributed by atoms with Gasteiger partial charge in [0.25, 0.3) is 0 Å². The van der Waals surface area contributed by atoms with Gasteiger partial charge < -0.3 is 5.32 Å². The SMILES string of the molecule is Cc1c(F)cc(C#N)cc1NC1CCSC1. The van der Waals surface area contributed by atoms with E-state index in [1.54, 1.807) is 13.0 Å². The zero-order chi connectivity index (χ0) is 11.5. The van der Waals surface area contributed by atoms with E-state index in [9.17, 15) is 4.39 Å². The van der Waals surface area contributed by atoms with Gasteiger partial charge in [0.2, 0.25) is 0 Å². The van der Waals surface area contributed by atoms with Crippen molar-refractivity contribution < 1.29 is 4.39 Å². The predicted octanol–water partition coefficient (Wildman–Crippen LogP) is 2.92. The van der Waals surface area contributed by atoms with Crippen LogP contribution in [-0.2, 0) is 0 Å². The number of thioether (sulfide) groups is 1. The van der Waals surface area contributed by atoms with Gasteiger partial charge in [-0.3, -0.25) is 0 Å². The number of benzene rings is 1. The van der Waals surface area contributed by atoms with Gasteiger partial charge in [-0.05, 0) is 31.2 Å². The first-order valence-electron chi connectivity index (χ1n) is 5.25. The Labute approximate surface area is 98.8 Å². The van der Waals surface area contributed by atoms with Gasteiger partial charge in [-0.25, -0.2) is 4.39 Å². The molecule has 1 heterocycles. The molecule has 0 bridgehead atoms. The molecule has 0 aromatic heterocycles. The van der Waals surface area contributed by atoms with Crippen LogP contribution in [0.4, 0.5) is 10.1 Å². The van der Waals surface area contributed by atoms with Crippen LogP contribution in [0, 0.1) is 24.1 Å². The van der Waals surface area contributed by atoms with Gasteiger partial charge in [-0.1, -0.05) is 0 Å². The minimum Gasteiger partial charge on any atom is -0.381 e. The Bertz CT molecular complexity index is 433. The molecule has 1 aliphatic heterocycles. The molecule has 0 amide bonds. The molecule has 2 nitrogen and oxygen atoms in total. The molecular formula is C12H13FN2S. The third-order valence-electron chi connectivity index (χ3n) is 2.76. The second-order valence-corrected chi connectivity index (χ2v) is 5.10. The average molecular weight is 236 g/mol. The first-order valence-corrected chi connectivity index (χ1v) is 6.40. The van der Waals surface area contributed by atoms with Crippen molar-refractivity contribution in [3.8, 4) is 6.07 Å². The van der Waals surface area contributed by atoms with Crippen LogP contribution >= 0.6 is 11.8 Å². The van der Waals surface area contributed by atoms with E-state index in [-0.39, 0.29) is 5.82 Å². The maximum atomic E-state index is 13.5.